The number of benzene rings is 1. The van der Waals surface area contributed by atoms with Crippen molar-refractivity contribution in [1.82, 2.24) is 9.97 Å². The lowest BCUT2D eigenvalue weighted by molar-refractivity contribution is -0.137. The van der Waals surface area contributed by atoms with Crippen LogP contribution in [0.1, 0.15) is 39.7 Å². The molecule has 0 bridgehead atoms. The summed E-state index contributed by atoms with van der Waals surface area (Å²) in [6.07, 6.45) is -3.41. The summed E-state index contributed by atoms with van der Waals surface area (Å²) in [6, 6.07) is 6.73. The molecule has 0 aliphatic rings. The molecule has 0 aliphatic carbocycles. The molecule has 5 nitrogen and oxygen atoms in total. The summed E-state index contributed by atoms with van der Waals surface area (Å²) in [6.45, 7) is 7.46. The third-order valence-electron chi connectivity index (χ3n) is 3.83. The van der Waals surface area contributed by atoms with Crippen molar-refractivity contribution >= 4 is 11.5 Å². The van der Waals surface area contributed by atoms with E-state index in [2.05, 4.69) is 9.97 Å². The van der Waals surface area contributed by atoms with Gasteiger partial charge < -0.3 is 14.4 Å². The Hall–Kier alpha value is -2.51. The number of aromatic nitrogens is 2. The molecule has 0 fully saturated rings. The number of hydrogen-bond donors (Lipinski definition) is 0. The zero-order valence-corrected chi connectivity index (χ0v) is 16.0. The van der Waals surface area contributed by atoms with Crippen LogP contribution in [0.15, 0.2) is 30.5 Å². The number of anilines is 2. The van der Waals surface area contributed by atoms with Crippen LogP contribution in [-0.4, -0.2) is 29.2 Å². The normalized spacial score (nSPS) is 12.8. The van der Waals surface area contributed by atoms with Gasteiger partial charge in [0.2, 0.25) is 0 Å². The van der Waals surface area contributed by atoms with E-state index in [0.717, 1.165) is 6.20 Å². The van der Waals surface area contributed by atoms with Gasteiger partial charge in [0.15, 0.2) is 5.82 Å². The first-order valence-electron chi connectivity index (χ1n) is 8.73. The molecule has 1 aromatic carbocycles. The highest BCUT2D eigenvalue weighted by Crippen LogP contribution is 2.38. The Bertz CT molecular complexity index is 766. The van der Waals surface area contributed by atoms with Crippen molar-refractivity contribution in [1.29, 1.82) is 0 Å². The summed E-state index contributed by atoms with van der Waals surface area (Å²) in [5.41, 5.74) is -0.427. The molecular weight excluding hydrogens is 359 g/mol. The summed E-state index contributed by atoms with van der Waals surface area (Å²) < 4.78 is 51.5. The number of alkyl halides is 3. The first-order chi connectivity index (χ1) is 12.6. The maximum Gasteiger partial charge on any atom is 0.421 e. The average Bonchev–Trinajstić information content (AvgIpc) is 2.59. The van der Waals surface area contributed by atoms with Crippen LogP contribution in [0.4, 0.5) is 24.7 Å². The largest absolute Gasteiger partial charge is 0.491 e. The van der Waals surface area contributed by atoms with Crippen molar-refractivity contribution in [3.63, 3.8) is 0 Å². The standard InChI is InChI=1S/C19H24F3N3O2/c1-6-13(4)27-18-23-11-16(19(20,21)22)17(24-18)25(5)14-8-7-9-15(10-14)26-12(2)3/h7-13H,6H2,1-5H3. The van der Waals surface area contributed by atoms with Crippen molar-refractivity contribution < 1.29 is 22.6 Å². The molecule has 0 spiro atoms. The molecule has 0 saturated heterocycles. The highest BCUT2D eigenvalue weighted by Gasteiger charge is 2.37. The smallest absolute Gasteiger partial charge is 0.421 e. The minimum atomic E-state index is -4.59. The highest BCUT2D eigenvalue weighted by atomic mass is 19.4. The van der Waals surface area contributed by atoms with Crippen LogP contribution in [0.2, 0.25) is 0 Å². The predicted molar refractivity (Wildman–Crippen MR) is 97.7 cm³/mol. The summed E-state index contributed by atoms with van der Waals surface area (Å²) in [5.74, 6) is 0.283. The molecule has 0 radical (unpaired) electrons. The fourth-order valence-corrected chi connectivity index (χ4v) is 2.29. The average molecular weight is 383 g/mol. The molecule has 2 rings (SSSR count). The van der Waals surface area contributed by atoms with E-state index >= 15 is 0 Å². The number of nitrogens with zero attached hydrogens (tertiary/aromatic N) is 3. The van der Waals surface area contributed by atoms with Gasteiger partial charge in [-0.2, -0.15) is 18.2 Å². The molecule has 2 aromatic rings. The molecule has 148 valence electrons. The van der Waals surface area contributed by atoms with E-state index in [1.54, 1.807) is 31.2 Å². The van der Waals surface area contributed by atoms with Gasteiger partial charge in [-0.15, -0.1) is 0 Å². The molecular formula is C19H24F3N3O2. The number of ether oxygens (including phenoxy) is 2. The van der Waals surface area contributed by atoms with Crippen LogP contribution in [-0.2, 0) is 6.18 Å². The van der Waals surface area contributed by atoms with Gasteiger partial charge >= 0.3 is 12.2 Å². The first-order valence-corrected chi connectivity index (χ1v) is 8.73. The number of halogens is 3. The minimum Gasteiger partial charge on any atom is -0.491 e. The molecule has 0 saturated carbocycles. The molecule has 0 aliphatic heterocycles. The van der Waals surface area contributed by atoms with E-state index in [0.29, 0.717) is 17.9 Å². The fourth-order valence-electron chi connectivity index (χ4n) is 2.29. The minimum absolute atomic E-state index is 0.0501. The van der Waals surface area contributed by atoms with Gasteiger partial charge in [-0.1, -0.05) is 13.0 Å². The van der Waals surface area contributed by atoms with Crippen LogP contribution in [0.3, 0.4) is 0 Å². The third kappa shape index (κ3) is 5.48. The van der Waals surface area contributed by atoms with Crippen molar-refractivity contribution in [2.45, 2.75) is 52.5 Å². The van der Waals surface area contributed by atoms with E-state index in [1.807, 2.05) is 20.8 Å². The Kier molecular flexibility index (Phi) is 6.51. The topological polar surface area (TPSA) is 47.5 Å². The molecule has 0 amide bonds. The third-order valence-corrected chi connectivity index (χ3v) is 3.83. The lowest BCUT2D eigenvalue weighted by Gasteiger charge is -2.23. The van der Waals surface area contributed by atoms with E-state index in [4.69, 9.17) is 9.47 Å². The van der Waals surface area contributed by atoms with Gasteiger partial charge in [-0.25, -0.2) is 4.98 Å². The van der Waals surface area contributed by atoms with Crippen LogP contribution in [0, 0.1) is 0 Å². The summed E-state index contributed by atoms with van der Waals surface area (Å²) in [7, 11) is 1.51. The monoisotopic (exact) mass is 383 g/mol. The Morgan fingerprint density at radius 1 is 1.15 bits per heavy atom. The quantitative estimate of drug-likeness (QED) is 0.655. The van der Waals surface area contributed by atoms with E-state index in [-0.39, 0.29) is 24.0 Å². The van der Waals surface area contributed by atoms with Crippen LogP contribution >= 0.6 is 0 Å². The van der Waals surface area contributed by atoms with Crippen molar-refractivity contribution in [3.8, 4) is 11.8 Å². The Labute approximate surface area is 157 Å². The molecule has 1 heterocycles. The van der Waals surface area contributed by atoms with Crippen molar-refractivity contribution in [3.05, 3.63) is 36.0 Å². The molecule has 0 N–H and O–H groups in total. The van der Waals surface area contributed by atoms with E-state index < -0.39 is 11.7 Å². The van der Waals surface area contributed by atoms with Crippen LogP contribution in [0.25, 0.3) is 0 Å². The van der Waals surface area contributed by atoms with Crippen LogP contribution in [0.5, 0.6) is 11.8 Å². The lowest BCUT2D eigenvalue weighted by atomic mass is 10.2. The lowest BCUT2D eigenvalue weighted by Crippen LogP contribution is -2.20. The molecule has 8 heteroatoms. The second-order valence-electron chi connectivity index (χ2n) is 6.45. The van der Waals surface area contributed by atoms with Crippen molar-refractivity contribution in [2.24, 2.45) is 0 Å². The zero-order chi connectivity index (χ0) is 20.2. The zero-order valence-electron chi connectivity index (χ0n) is 16.0. The SMILES string of the molecule is CCC(C)Oc1ncc(C(F)(F)F)c(N(C)c2cccc(OC(C)C)c2)n1. The summed E-state index contributed by atoms with van der Waals surface area (Å²) >= 11 is 0. The second-order valence-corrected chi connectivity index (χ2v) is 6.45. The number of hydrogen-bond acceptors (Lipinski definition) is 5. The predicted octanol–water partition coefficient (Wildman–Crippen LogP) is 5.23. The van der Waals surface area contributed by atoms with Crippen molar-refractivity contribution in [2.75, 3.05) is 11.9 Å². The van der Waals surface area contributed by atoms with Crippen LogP contribution < -0.4 is 14.4 Å². The molecule has 1 unspecified atom stereocenters. The van der Waals surface area contributed by atoms with Gasteiger partial charge in [-0.05, 0) is 39.3 Å². The Morgan fingerprint density at radius 2 is 1.85 bits per heavy atom. The van der Waals surface area contributed by atoms with Gasteiger partial charge in [0.1, 0.15) is 11.3 Å². The molecule has 1 atom stereocenters. The fraction of sp³-hybridized carbons (Fsp3) is 0.474. The summed E-state index contributed by atoms with van der Waals surface area (Å²) in [5, 5.41) is 0. The molecule has 27 heavy (non-hydrogen) atoms. The number of rotatable bonds is 7. The Morgan fingerprint density at radius 3 is 2.44 bits per heavy atom. The maximum absolute atomic E-state index is 13.5. The van der Waals surface area contributed by atoms with Gasteiger partial charge in [0.25, 0.3) is 0 Å². The van der Waals surface area contributed by atoms with Gasteiger partial charge in [0.05, 0.1) is 12.2 Å². The second kappa shape index (κ2) is 8.45. The van der Waals surface area contributed by atoms with E-state index in [1.165, 1.54) is 11.9 Å². The highest BCUT2D eigenvalue weighted by molar-refractivity contribution is 5.64. The van der Waals surface area contributed by atoms with E-state index in [9.17, 15) is 13.2 Å². The summed E-state index contributed by atoms with van der Waals surface area (Å²) in [4.78, 5) is 9.10. The van der Waals surface area contributed by atoms with Gasteiger partial charge in [0, 0.05) is 25.0 Å². The Balaban J connectivity index is 2.45. The maximum atomic E-state index is 13.5. The molecule has 1 aromatic heterocycles. The van der Waals surface area contributed by atoms with Gasteiger partial charge in [-0.3, -0.25) is 0 Å². The first kappa shape index (κ1) is 20.8.